The predicted molar refractivity (Wildman–Crippen MR) is 257 cm³/mol. The number of aliphatic imine (C=N–C) groups is 1. The maximum atomic E-state index is 6.94. The Labute approximate surface area is 348 Å². The number of anilines is 1. The van der Waals surface area contributed by atoms with Crippen LogP contribution in [0.3, 0.4) is 0 Å². The lowest BCUT2D eigenvalue weighted by Crippen LogP contribution is -2.06. The largest absolute Gasteiger partial charge is 0.396 e. The topological polar surface area (TPSA) is 43.3 Å². The van der Waals surface area contributed by atoms with Gasteiger partial charge in [0.05, 0.1) is 22.4 Å². The smallest absolute Gasteiger partial charge is 0.0946 e. The van der Waals surface area contributed by atoms with Gasteiger partial charge >= 0.3 is 0 Å². The summed E-state index contributed by atoms with van der Waals surface area (Å²) in [6.07, 6.45) is 14.8. The number of rotatable bonds is 8. The van der Waals surface area contributed by atoms with E-state index >= 15 is 0 Å². The van der Waals surface area contributed by atoms with E-state index in [9.17, 15) is 0 Å². The second kappa shape index (κ2) is 17.1. The van der Waals surface area contributed by atoms with Crippen molar-refractivity contribution in [1.82, 2.24) is 4.57 Å². The Morgan fingerprint density at radius 2 is 1.31 bits per heavy atom. The average molecular weight is 764 g/mol. The Kier molecular flexibility index (Phi) is 11.2. The fourth-order valence-corrected chi connectivity index (χ4v) is 8.37. The number of hydrogen-bond donors (Lipinski definition) is 1. The molecule has 1 unspecified atom stereocenters. The molecule has 0 bridgehead atoms. The van der Waals surface area contributed by atoms with Crippen LogP contribution in [0.1, 0.15) is 49.8 Å². The first-order valence-corrected chi connectivity index (χ1v) is 20.3. The zero-order valence-corrected chi connectivity index (χ0v) is 34.1. The van der Waals surface area contributed by atoms with Gasteiger partial charge in [-0.3, -0.25) is 4.99 Å². The van der Waals surface area contributed by atoms with Crippen LogP contribution in [-0.2, 0) is 0 Å². The van der Waals surface area contributed by atoms with Gasteiger partial charge in [0.2, 0.25) is 0 Å². The Balaban J connectivity index is 0.000000484. The van der Waals surface area contributed by atoms with Crippen molar-refractivity contribution >= 4 is 55.7 Å². The molecule has 3 nitrogen and oxygen atoms in total. The van der Waals surface area contributed by atoms with Crippen LogP contribution in [-0.4, -0.2) is 10.3 Å². The molecule has 59 heavy (non-hydrogen) atoms. The summed E-state index contributed by atoms with van der Waals surface area (Å²) in [6.45, 7) is 13.6. The standard InChI is InChI=1S/C47H37N3.C9H12/c1-30-13-11-22-40-45(30)38-20-9-10-21-39(38)47(46(40)48)49-31(2)34-18-12-19-37(27-34)50-43-25-23-35(32-14-5-3-6-15-32)28-41(43)42-29-36(24-26-44(42)50)33-16-7-4-8-17-33;1-4-7-9(6-3)8-5-2/h3-12,14-30H,13,48H2,1-2H3;4-8H,1,3H2,2H3/b;8-5+,9-7+. The molecule has 1 heterocycles. The summed E-state index contributed by atoms with van der Waals surface area (Å²) in [7, 11) is 0. The third-order valence-corrected chi connectivity index (χ3v) is 11.3. The summed E-state index contributed by atoms with van der Waals surface area (Å²) in [5.41, 5.74) is 22.3. The third kappa shape index (κ3) is 7.63. The Hall–Kier alpha value is -7.23. The first-order valence-electron chi connectivity index (χ1n) is 20.3. The van der Waals surface area contributed by atoms with E-state index < -0.39 is 0 Å². The lowest BCUT2D eigenvalue weighted by atomic mass is 9.83. The molecule has 0 saturated carbocycles. The summed E-state index contributed by atoms with van der Waals surface area (Å²) in [4.78, 5) is 5.28. The highest BCUT2D eigenvalue weighted by atomic mass is 15.0. The van der Waals surface area contributed by atoms with E-state index in [1.165, 1.54) is 55.0 Å². The van der Waals surface area contributed by atoms with E-state index in [2.05, 4.69) is 189 Å². The van der Waals surface area contributed by atoms with Crippen molar-refractivity contribution in [1.29, 1.82) is 0 Å². The predicted octanol–water partition coefficient (Wildman–Crippen LogP) is 15.4. The van der Waals surface area contributed by atoms with Crippen molar-refractivity contribution in [2.24, 2.45) is 4.99 Å². The minimum Gasteiger partial charge on any atom is -0.396 e. The minimum atomic E-state index is 0.414. The van der Waals surface area contributed by atoms with Gasteiger partial charge in [0.25, 0.3) is 0 Å². The van der Waals surface area contributed by atoms with E-state index in [-0.39, 0.29) is 0 Å². The number of nitrogens with zero attached hydrogens (tertiary/aromatic N) is 2. The van der Waals surface area contributed by atoms with Gasteiger partial charge in [-0.2, -0.15) is 0 Å². The van der Waals surface area contributed by atoms with E-state index in [0.717, 1.165) is 51.3 Å². The molecule has 1 aliphatic carbocycles. The average Bonchev–Trinajstić information content (AvgIpc) is 3.61. The number of benzene rings is 7. The van der Waals surface area contributed by atoms with E-state index in [4.69, 9.17) is 10.7 Å². The zero-order chi connectivity index (χ0) is 40.9. The van der Waals surface area contributed by atoms with Gasteiger partial charge in [0.15, 0.2) is 0 Å². The van der Waals surface area contributed by atoms with Crippen molar-refractivity contribution < 1.29 is 0 Å². The van der Waals surface area contributed by atoms with Gasteiger partial charge in [-0.1, -0.05) is 172 Å². The second-order valence-corrected chi connectivity index (χ2v) is 15.1. The van der Waals surface area contributed by atoms with Crippen LogP contribution in [0.4, 0.5) is 11.4 Å². The van der Waals surface area contributed by atoms with Crippen LogP contribution in [0.2, 0.25) is 0 Å². The molecule has 0 aliphatic heterocycles. The van der Waals surface area contributed by atoms with Crippen LogP contribution >= 0.6 is 0 Å². The first-order chi connectivity index (χ1) is 28.9. The molecular formula is C56H49N3. The normalized spacial score (nSPS) is 14.1. The molecule has 2 N–H and O–H groups in total. The highest BCUT2D eigenvalue weighted by Crippen LogP contribution is 2.45. The summed E-state index contributed by atoms with van der Waals surface area (Å²) in [6, 6.07) is 52.2. The van der Waals surface area contributed by atoms with Gasteiger partial charge in [-0.05, 0) is 107 Å². The maximum Gasteiger partial charge on any atom is 0.0946 e. The fourth-order valence-electron chi connectivity index (χ4n) is 8.37. The van der Waals surface area contributed by atoms with E-state index in [1.54, 1.807) is 12.2 Å². The van der Waals surface area contributed by atoms with E-state index in [1.807, 2.05) is 25.2 Å². The van der Waals surface area contributed by atoms with Gasteiger partial charge < -0.3 is 10.3 Å². The number of hydrogen-bond acceptors (Lipinski definition) is 2. The van der Waals surface area contributed by atoms with Crippen LogP contribution < -0.4 is 5.73 Å². The molecule has 288 valence electrons. The van der Waals surface area contributed by atoms with Crippen molar-refractivity contribution in [2.75, 3.05) is 5.73 Å². The Morgan fingerprint density at radius 1 is 0.695 bits per heavy atom. The first kappa shape index (κ1) is 38.6. The highest BCUT2D eigenvalue weighted by molar-refractivity contribution is 6.12. The molecule has 1 aliphatic rings. The Bertz CT molecular complexity index is 2880. The molecule has 0 fully saturated rings. The minimum absolute atomic E-state index is 0.414. The summed E-state index contributed by atoms with van der Waals surface area (Å²) < 4.78 is 2.39. The molecule has 0 amide bonds. The lowest BCUT2D eigenvalue weighted by Gasteiger charge is -2.23. The van der Waals surface area contributed by atoms with Crippen molar-refractivity contribution in [2.45, 2.75) is 33.1 Å². The third-order valence-electron chi connectivity index (χ3n) is 11.3. The van der Waals surface area contributed by atoms with Crippen molar-refractivity contribution in [3.8, 4) is 27.9 Å². The molecule has 1 atom stereocenters. The van der Waals surface area contributed by atoms with Gasteiger partial charge in [-0.25, -0.2) is 0 Å². The molecular weight excluding hydrogens is 715 g/mol. The molecule has 3 heteroatoms. The number of fused-ring (bicyclic) bond motifs is 6. The summed E-state index contributed by atoms with van der Waals surface area (Å²) in [5.74, 6) is 0.414. The van der Waals surface area contributed by atoms with Crippen molar-refractivity contribution in [3.05, 3.63) is 217 Å². The van der Waals surface area contributed by atoms with Crippen LogP contribution in [0, 0.1) is 0 Å². The monoisotopic (exact) mass is 763 g/mol. The summed E-state index contributed by atoms with van der Waals surface area (Å²) in [5, 5.41) is 4.80. The van der Waals surface area contributed by atoms with Gasteiger partial charge in [0, 0.05) is 33.1 Å². The van der Waals surface area contributed by atoms with E-state index in [0.29, 0.717) is 5.92 Å². The lowest BCUT2D eigenvalue weighted by molar-refractivity contribution is 0.780. The molecule has 9 rings (SSSR count). The molecule has 7 aromatic carbocycles. The molecule has 0 saturated heterocycles. The number of aromatic nitrogens is 1. The number of allylic oxidation sites excluding steroid dienone is 7. The second-order valence-electron chi connectivity index (χ2n) is 15.1. The Morgan fingerprint density at radius 3 is 1.90 bits per heavy atom. The quantitative estimate of drug-likeness (QED) is 0.0935. The number of nitrogen functional groups attached to an aromatic ring is 1. The molecule has 1 aromatic heterocycles. The summed E-state index contributed by atoms with van der Waals surface area (Å²) >= 11 is 0. The maximum absolute atomic E-state index is 6.94. The molecule has 0 radical (unpaired) electrons. The fraction of sp³-hybridized carbons (Fsp3) is 0.0893. The highest BCUT2D eigenvalue weighted by Gasteiger charge is 2.22. The zero-order valence-electron chi connectivity index (χ0n) is 34.1. The molecule has 8 aromatic rings. The van der Waals surface area contributed by atoms with Gasteiger partial charge in [0.1, 0.15) is 0 Å². The number of nitrogens with two attached hydrogens (primary N) is 1. The van der Waals surface area contributed by atoms with Crippen LogP contribution in [0.25, 0.3) is 66.6 Å². The molecule has 0 spiro atoms. The van der Waals surface area contributed by atoms with Crippen LogP contribution in [0.15, 0.2) is 206 Å². The van der Waals surface area contributed by atoms with Gasteiger partial charge in [-0.15, -0.1) is 0 Å². The SMILES string of the molecule is C=C/C=C(C=C)/C=C/C.CC(=Nc1c(N)c2c(c3ccccc13)C(C)CC=C2)c1cccc(-n2c3ccc(-c4ccccc4)cc3c3cc(-c4ccccc4)ccc32)c1. The van der Waals surface area contributed by atoms with Crippen LogP contribution in [0.5, 0.6) is 0 Å². The van der Waals surface area contributed by atoms with Crippen molar-refractivity contribution in [3.63, 3.8) is 0 Å².